The van der Waals surface area contributed by atoms with E-state index in [9.17, 15) is 0 Å². The summed E-state index contributed by atoms with van der Waals surface area (Å²) in [6, 6.07) is 6.86. The van der Waals surface area contributed by atoms with Gasteiger partial charge in [-0.1, -0.05) is 17.7 Å². The maximum absolute atomic E-state index is 8.35. The summed E-state index contributed by atoms with van der Waals surface area (Å²) >= 11 is 5.62. The maximum Gasteiger partial charge on any atom is 0.186 e. The van der Waals surface area contributed by atoms with Crippen molar-refractivity contribution >= 4 is 11.6 Å². The lowest BCUT2D eigenvalue weighted by atomic mass is 10.3. The van der Waals surface area contributed by atoms with Crippen LogP contribution in [0.3, 0.4) is 0 Å². The normalized spacial score (nSPS) is 9.40. The van der Waals surface area contributed by atoms with Crippen LogP contribution in [0.4, 0.5) is 0 Å². The highest BCUT2D eigenvalue weighted by Crippen LogP contribution is 2.16. The van der Waals surface area contributed by atoms with E-state index in [2.05, 4.69) is 0 Å². The first-order valence-electron chi connectivity index (χ1n) is 2.82. The smallest absolute Gasteiger partial charge is 0.186 e. The van der Waals surface area contributed by atoms with Gasteiger partial charge >= 0.3 is 0 Å². The van der Waals surface area contributed by atoms with E-state index in [0.29, 0.717) is 10.8 Å². The number of aliphatic hydroxyl groups excluding tert-OH is 1. The molecule has 10 heavy (non-hydrogen) atoms. The minimum Gasteiger partial charge on any atom is -0.468 e. The highest BCUT2D eigenvalue weighted by molar-refractivity contribution is 6.30. The molecule has 0 radical (unpaired) electrons. The van der Waals surface area contributed by atoms with Gasteiger partial charge in [0.25, 0.3) is 0 Å². The summed E-state index contributed by atoms with van der Waals surface area (Å²) < 4.78 is 4.76. The zero-order chi connectivity index (χ0) is 7.40. The van der Waals surface area contributed by atoms with Crippen molar-refractivity contribution in [3.8, 4) is 5.75 Å². The van der Waals surface area contributed by atoms with E-state index in [1.807, 2.05) is 0 Å². The maximum atomic E-state index is 8.35. The molecule has 0 atom stereocenters. The number of halogens is 1. The van der Waals surface area contributed by atoms with Crippen LogP contribution >= 0.6 is 11.6 Å². The second kappa shape index (κ2) is 3.44. The Morgan fingerprint density at radius 1 is 1.50 bits per heavy atom. The van der Waals surface area contributed by atoms with Crippen molar-refractivity contribution in [3.63, 3.8) is 0 Å². The van der Waals surface area contributed by atoms with E-state index in [0.717, 1.165) is 0 Å². The van der Waals surface area contributed by atoms with Gasteiger partial charge in [0.2, 0.25) is 0 Å². The predicted octanol–water partition coefficient (Wildman–Crippen LogP) is 1.67. The molecule has 54 valence electrons. The van der Waals surface area contributed by atoms with Crippen molar-refractivity contribution in [2.24, 2.45) is 0 Å². The molecule has 0 saturated heterocycles. The Morgan fingerprint density at radius 3 is 2.90 bits per heavy atom. The Hall–Kier alpha value is -0.730. The lowest BCUT2D eigenvalue weighted by molar-refractivity contribution is 0.0986. The van der Waals surface area contributed by atoms with Gasteiger partial charge in [-0.3, -0.25) is 0 Å². The number of aliphatic hydroxyl groups is 1. The van der Waals surface area contributed by atoms with Crippen LogP contribution in [0.1, 0.15) is 0 Å². The molecule has 0 amide bonds. The third-order valence-corrected chi connectivity index (χ3v) is 1.26. The fraction of sp³-hybridized carbons (Fsp3) is 0.143. The molecule has 0 unspecified atom stereocenters. The van der Waals surface area contributed by atoms with E-state index in [1.165, 1.54) is 0 Å². The molecular formula is C7H7ClO2. The monoisotopic (exact) mass is 158 g/mol. The van der Waals surface area contributed by atoms with E-state index in [-0.39, 0.29) is 6.79 Å². The third-order valence-electron chi connectivity index (χ3n) is 1.03. The highest BCUT2D eigenvalue weighted by atomic mass is 35.5. The average molecular weight is 159 g/mol. The standard InChI is InChI=1S/C7H7ClO2/c8-6-2-1-3-7(4-6)10-5-9/h1-4,9H,5H2. The Labute approximate surface area is 64.0 Å². The van der Waals surface area contributed by atoms with Gasteiger partial charge in [0.15, 0.2) is 6.79 Å². The molecule has 0 aliphatic carbocycles. The van der Waals surface area contributed by atoms with E-state index < -0.39 is 0 Å². The van der Waals surface area contributed by atoms with Crippen LogP contribution in [0.5, 0.6) is 5.75 Å². The molecule has 1 aromatic carbocycles. The number of rotatable bonds is 2. The number of hydrogen-bond acceptors (Lipinski definition) is 2. The molecule has 0 heterocycles. The Balaban J connectivity index is 2.75. The zero-order valence-electron chi connectivity index (χ0n) is 5.25. The van der Waals surface area contributed by atoms with Crippen LogP contribution in [0.15, 0.2) is 24.3 Å². The van der Waals surface area contributed by atoms with Gasteiger partial charge in [0.1, 0.15) is 5.75 Å². The van der Waals surface area contributed by atoms with Gasteiger partial charge in [-0.15, -0.1) is 0 Å². The first kappa shape index (κ1) is 7.38. The fourth-order valence-corrected chi connectivity index (χ4v) is 0.812. The van der Waals surface area contributed by atoms with Crippen molar-refractivity contribution in [2.45, 2.75) is 0 Å². The highest BCUT2D eigenvalue weighted by Gasteiger charge is 1.91. The molecule has 1 rings (SSSR count). The fourth-order valence-electron chi connectivity index (χ4n) is 0.631. The summed E-state index contributed by atoms with van der Waals surface area (Å²) in [6.45, 7) is -0.319. The Bertz CT molecular complexity index is 213. The van der Waals surface area contributed by atoms with Crippen molar-refractivity contribution in [1.29, 1.82) is 0 Å². The molecule has 0 aliphatic rings. The minimum absolute atomic E-state index is 0.319. The summed E-state index contributed by atoms with van der Waals surface area (Å²) in [5.74, 6) is 0.579. The molecule has 0 aromatic heterocycles. The summed E-state index contributed by atoms with van der Waals surface area (Å²) in [7, 11) is 0. The predicted molar refractivity (Wildman–Crippen MR) is 39.2 cm³/mol. The van der Waals surface area contributed by atoms with Crippen LogP contribution in [-0.4, -0.2) is 11.9 Å². The van der Waals surface area contributed by atoms with E-state index >= 15 is 0 Å². The first-order chi connectivity index (χ1) is 4.83. The second-order valence-electron chi connectivity index (χ2n) is 1.73. The molecule has 3 heteroatoms. The first-order valence-corrected chi connectivity index (χ1v) is 3.20. The summed E-state index contributed by atoms with van der Waals surface area (Å²) in [4.78, 5) is 0. The molecule has 0 fully saturated rings. The molecule has 2 nitrogen and oxygen atoms in total. The van der Waals surface area contributed by atoms with Gasteiger partial charge in [0, 0.05) is 5.02 Å². The van der Waals surface area contributed by atoms with Gasteiger partial charge < -0.3 is 9.84 Å². The van der Waals surface area contributed by atoms with Crippen molar-refractivity contribution in [3.05, 3.63) is 29.3 Å². The van der Waals surface area contributed by atoms with Gasteiger partial charge in [-0.2, -0.15) is 0 Å². The van der Waals surface area contributed by atoms with Crippen LogP contribution in [0.2, 0.25) is 5.02 Å². The van der Waals surface area contributed by atoms with Crippen LogP contribution in [-0.2, 0) is 0 Å². The largest absolute Gasteiger partial charge is 0.468 e. The lowest BCUT2D eigenvalue weighted by Gasteiger charge is -2.00. The topological polar surface area (TPSA) is 29.5 Å². The van der Waals surface area contributed by atoms with E-state index in [1.54, 1.807) is 24.3 Å². The molecule has 0 aliphatic heterocycles. The summed E-state index contributed by atoms with van der Waals surface area (Å²) in [5.41, 5.74) is 0. The Kier molecular flexibility index (Phi) is 2.54. The number of hydrogen-bond donors (Lipinski definition) is 1. The summed E-state index contributed by atoms with van der Waals surface area (Å²) in [5, 5.41) is 8.95. The number of benzene rings is 1. The van der Waals surface area contributed by atoms with Crippen molar-refractivity contribution in [2.75, 3.05) is 6.79 Å². The second-order valence-corrected chi connectivity index (χ2v) is 2.17. The molecule has 0 spiro atoms. The van der Waals surface area contributed by atoms with Crippen molar-refractivity contribution < 1.29 is 9.84 Å². The third kappa shape index (κ3) is 1.90. The lowest BCUT2D eigenvalue weighted by Crippen LogP contribution is -1.93. The van der Waals surface area contributed by atoms with E-state index in [4.69, 9.17) is 21.4 Å². The molecular weight excluding hydrogens is 152 g/mol. The zero-order valence-corrected chi connectivity index (χ0v) is 6.01. The van der Waals surface area contributed by atoms with Crippen LogP contribution in [0.25, 0.3) is 0 Å². The quantitative estimate of drug-likeness (QED) is 0.664. The van der Waals surface area contributed by atoms with Crippen LogP contribution in [0, 0.1) is 0 Å². The van der Waals surface area contributed by atoms with Crippen molar-refractivity contribution in [1.82, 2.24) is 0 Å². The minimum atomic E-state index is -0.319. The Morgan fingerprint density at radius 2 is 2.30 bits per heavy atom. The average Bonchev–Trinajstić information content (AvgIpc) is 1.88. The molecule has 1 aromatic rings. The number of ether oxygens (including phenoxy) is 1. The molecule has 0 saturated carbocycles. The molecule has 1 N–H and O–H groups in total. The van der Waals surface area contributed by atoms with Gasteiger partial charge in [0.05, 0.1) is 0 Å². The van der Waals surface area contributed by atoms with Gasteiger partial charge in [-0.05, 0) is 18.2 Å². The van der Waals surface area contributed by atoms with Crippen LogP contribution < -0.4 is 4.74 Å². The van der Waals surface area contributed by atoms with Gasteiger partial charge in [-0.25, -0.2) is 0 Å². The SMILES string of the molecule is OCOc1cccc(Cl)c1. The molecule has 0 bridgehead atoms. The summed E-state index contributed by atoms with van der Waals surface area (Å²) in [6.07, 6.45) is 0.